The minimum absolute atomic E-state index is 0.0957. The van der Waals surface area contributed by atoms with Crippen LogP contribution in [-0.4, -0.2) is 18.0 Å². The number of aromatic nitrogens is 1. The van der Waals surface area contributed by atoms with Crippen molar-refractivity contribution in [2.75, 3.05) is 7.11 Å². The Morgan fingerprint density at radius 2 is 2.17 bits per heavy atom. The van der Waals surface area contributed by atoms with E-state index in [2.05, 4.69) is 22.9 Å². The summed E-state index contributed by atoms with van der Waals surface area (Å²) in [4.78, 5) is 16.3. The Hall–Kier alpha value is -2.23. The zero-order chi connectivity index (χ0) is 15.7. The van der Waals surface area contributed by atoms with Gasteiger partial charge >= 0.3 is 0 Å². The van der Waals surface area contributed by atoms with E-state index in [1.54, 1.807) is 7.11 Å². The molecule has 0 radical (unpaired) electrons. The first-order chi connectivity index (χ1) is 11.2. The molecule has 1 aromatic carbocycles. The third-order valence-electron chi connectivity index (χ3n) is 6.12. The maximum Gasteiger partial charge on any atom is 0.232 e. The lowest BCUT2D eigenvalue weighted by atomic mass is 9.67. The number of H-pyrrole nitrogens is 1. The van der Waals surface area contributed by atoms with Gasteiger partial charge in [-0.1, -0.05) is 19.1 Å². The molecule has 2 N–H and O–H groups in total. The quantitative estimate of drug-likeness (QED) is 0.848. The van der Waals surface area contributed by atoms with Crippen molar-refractivity contribution in [3.63, 3.8) is 0 Å². The summed E-state index contributed by atoms with van der Waals surface area (Å²) in [6, 6.07) is 6.06. The van der Waals surface area contributed by atoms with Gasteiger partial charge in [0.05, 0.1) is 13.0 Å². The predicted octanol–water partition coefficient (Wildman–Crippen LogP) is 3.42. The number of fused-ring (bicyclic) bond motifs is 8. The lowest BCUT2D eigenvalue weighted by Crippen LogP contribution is -2.30. The Morgan fingerprint density at radius 3 is 3.00 bits per heavy atom. The van der Waals surface area contributed by atoms with Crippen molar-refractivity contribution in [2.45, 2.75) is 31.1 Å². The lowest BCUT2D eigenvalue weighted by Gasteiger charge is -2.35. The van der Waals surface area contributed by atoms with Gasteiger partial charge in [0.2, 0.25) is 5.91 Å². The third-order valence-corrected chi connectivity index (χ3v) is 6.12. The normalized spacial score (nSPS) is 31.7. The highest BCUT2D eigenvalue weighted by molar-refractivity contribution is 5.99. The minimum Gasteiger partial charge on any atom is -0.496 e. The van der Waals surface area contributed by atoms with Crippen molar-refractivity contribution >= 4 is 16.8 Å². The second-order valence-electron chi connectivity index (χ2n) is 7.05. The van der Waals surface area contributed by atoms with Gasteiger partial charge in [-0.05, 0) is 36.5 Å². The summed E-state index contributed by atoms with van der Waals surface area (Å²) in [5, 5.41) is 4.10. The van der Waals surface area contributed by atoms with Gasteiger partial charge in [0.15, 0.2) is 0 Å². The van der Waals surface area contributed by atoms with E-state index in [-0.39, 0.29) is 17.7 Å². The van der Waals surface area contributed by atoms with E-state index in [0.29, 0.717) is 11.8 Å². The molecular formula is C19H20N2O2. The molecule has 1 aliphatic heterocycles. The van der Waals surface area contributed by atoms with Crippen LogP contribution in [0.5, 0.6) is 5.75 Å². The molecule has 1 amide bonds. The number of hydrogen-bond donors (Lipinski definition) is 2. The summed E-state index contributed by atoms with van der Waals surface area (Å²) in [5.74, 6) is 2.08. The van der Waals surface area contributed by atoms with E-state index < -0.39 is 0 Å². The molecule has 1 saturated heterocycles. The molecule has 23 heavy (non-hydrogen) atoms. The molecule has 2 fully saturated rings. The smallest absolute Gasteiger partial charge is 0.232 e. The fraction of sp³-hybridized carbons (Fsp3) is 0.421. The number of carbonyl (C=O) groups excluding carboxylic acids is 1. The number of ether oxygens (including phenoxy) is 1. The zero-order valence-corrected chi connectivity index (χ0v) is 13.2. The molecule has 3 aliphatic rings. The summed E-state index contributed by atoms with van der Waals surface area (Å²) in [6.45, 7) is 4.16. The van der Waals surface area contributed by atoms with Crippen molar-refractivity contribution in [2.24, 2.45) is 11.8 Å². The van der Waals surface area contributed by atoms with Crippen LogP contribution in [0.4, 0.5) is 0 Å². The zero-order valence-electron chi connectivity index (χ0n) is 13.2. The number of carbonyl (C=O) groups is 1. The molecular weight excluding hydrogens is 288 g/mol. The number of methoxy groups -OCH3 is 1. The highest BCUT2D eigenvalue weighted by Crippen LogP contribution is 2.59. The molecule has 4 nitrogen and oxygen atoms in total. The van der Waals surface area contributed by atoms with Gasteiger partial charge in [-0.3, -0.25) is 4.79 Å². The maximum absolute atomic E-state index is 12.7. The molecule has 0 bridgehead atoms. The molecule has 5 rings (SSSR count). The Labute approximate surface area is 134 Å². The molecule has 4 atom stereocenters. The van der Waals surface area contributed by atoms with Crippen LogP contribution in [0.1, 0.15) is 42.4 Å². The summed E-state index contributed by atoms with van der Waals surface area (Å²) >= 11 is 0. The fourth-order valence-electron chi connectivity index (χ4n) is 5.32. The van der Waals surface area contributed by atoms with Crippen molar-refractivity contribution in [1.29, 1.82) is 0 Å². The van der Waals surface area contributed by atoms with Gasteiger partial charge in [0, 0.05) is 34.1 Å². The van der Waals surface area contributed by atoms with E-state index in [9.17, 15) is 4.79 Å². The molecule has 0 spiro atoms. The Kier molecular flexibility index (Phi) is 2.53. The standard InChI is InChI=1S/C19H20N2O2/c1-9-14-10-5-3-6-11(10)18-16(17(14)19(22)20-9)15-12(21-18)7-4-8-13(15)23-2/h4,7-8,10-11,14,17,21H,1,3,5-6H2,2H3,(H,20,22). The van der Waals surface area contributed by atoms with Gasteiger partial charge in [0.25, 0.3) is 0 Å². The molecule has 1 saturated carbocycles. The van der Waals surface area contributed by atoms with E-state index >= 15 is 0 Å². The van der Waals surface area contributed by atoms with Crippen molar-refractivity contribution < 1.29 is 9.53 Å². The van der Waals surface area contributed by atoms with E-state index in [0.717, 1.165) is 27.9 Å². The lowest BCUT2D eigenvalue weighted by molar-refractivity contribution is -0.120. The van der Waals surface area contributed by atoms with Crippen LogP contribution in [0.25, 0.3) is 10.9 Å². The number of nitrogens with one attached hydrogen (secondary N) is 2. The molecule has 2 aromatic rings. The predicted molar refractivity (Wildman–Crippen MR) is 88.4 cm³/mol. The number of hydrogen-bond acceptors (Lipinski definition) is 2. The van der Waals surface area contributed by atoms with Gasteiger partial charge < -0.3 is 15.0 Å². The SMILES string of the molecule is C=C1NC(=O)C2c3c([nH]c4cccc(OC)c34)C3CCCC3C12. The Bertz CT molecular complexity index is 850. The van der Waals surface area contributed by atoms with Crippen LogP contribution < -0.4 is 10.1 Å². The fourth-order valence-corrected chi connectivity index (χ4v) is 5.32. The van der Waals surface area contributed by atoms with Crippen molar-refractivity contribution in [3.05, 3.63) is 41.7 Å². The average molecular weight is 308 g/mol. The molecule has 1 aromatic heterocycles. The molecule has 118 valence electrons. The number of allylic oxidation sites excluding steroid dienone is 1. The van der Waals surface area contributed by atoms with E-state index in [1.165, 1.54) is 25.0 Å². The van der Waals surface area contributed by atoms with Crippen LogP contribution >= 0.6 is 0 Å². The van der Waals surface area contributed by atoms with E-state index in [1.807, 2.05) is 12.1 Å². The highest BCUT2D eigenvalue weighted by atomic mass is 16.5. The Balaban J connectivity index is 1.86. The van der Waals surface area contributed by atoms with Gasteiger partial charge in [-0.15, -0.1) is 0 Å². The number of rotatable bonds is 1. The summed E-state index contributed by atoms with van der Waals surface area (Å²) in [6.07, 6.45) is 3.61. The summed E-state index contributed by atoms with van der Waals surface area (Å²) in [5.41, 5.74) is 4.40. The minimum atomic E-state index is -0.123. The first-order valence-corrected chi connectivity index (χ1v) is 8.39. The van der Waals surface area contributed by atoms with Gasteiger partial charge in [-0.2, -0.15) is 0 Å². The van der Waals surface area contributed by atoms with Crippen LogP contribution in [0.15, 0.2) is 30.5 Å². The first kappa shape index (κ1) is 13.2. The van der Waals surface area contributed by atoms with Crippen LogP contribution in [0.3, 0.4) is 0 Å². The Morgan fingerprint density at radius 1 is 1.30 bits per heavy atom. The summed E-state index contributed by atoms with van der Waals surface area (Å²) < 4.78 is 5.60. The number of amides is 1. The van der Waals surface area contributed by atoms with Crippen LogP contribution in [0, 0.1) is 11.8 Å². The van der Waals surface area contributed by atoms with Crippen molar-refractivity contribution in [1.82, 2.24) is 10.3 Å². The van der Waals surface area contributed by atoms with Gasteiger partial charge in [-0.25, -0.2) is 0 Å². The van der Waals surface area contributed by atoms with Crippen LogP contribution in [-0.2, 0) is 4.79 Å². The number of aromatic amines is 1. The molecule has 4 heteroatoms. The molecule has 4 unspecified atom stereocenters. The maximum atomic E-state index is 12.7. The average Bonchev–Trinajstić information content (AvgIpc) is 3.22. The van der Waals surface area contributed by atoms with E-state index in [4.69, 9.17) is 4.74 Å². The second kappa shape index (κ2) is 4.40. The van der Waals surface area contributed by atoms with Crippen molar-refractivity contribution in [3.8, 4) is 5.75 Å². The van der Waals surface area contributed by atoms with Crippen LogP contribution in [0.2, 0.25) is 0 Å². The number of benzene rings is 1. The topological polar surface area (TPSA) is 54.1 Å². The molecule has 2 heterocycles. The monoisotopic (exact) mass is 308 g/mol. The highest BCUT2D eigenvalue weighted by Gasteiger charge is 2.53. The second-order valence-corrected chi connectivity index (χ2v) is 7.05. The third kappa shape index (κ3) is 1.54. The first-order valence-electron chi connectivity index (χ1n) is 8.39. The largest absolute Gasteiger partial charge is 0.496 e. The summed E-state index contributed by atoms with van der Waals surface area (Å²) in [7, 11) is 1.69. The molecule has 2 aliphatic carbocycles. The van der Waals surface area contributed by atoms with Gasteiger partial charge in [0.1, 0.15) is 5.75 Å².